The molecule has 0 bridgehead atoms. The fraction of sp³-hybridized carbons (Fsp3) is 0.692. The lowest BCUT2D eigenvalue weighted by molar-refractivity contribution is -0.305. The third kappa shape index (κ3) is 51.1. The van der Waals surface area contributed by atoms with Gasteiger partial charge in [0.2, 0.25) is 5.91 Å². The van der Waals surface area contributed by atoms with E-state index >= 15 is 0 Å². The Morgan fingerprint density at radius 3 is 1.24 bits per heavy atom. The number of unbranched alkanes of at least 4 members (excludes halogenated alkanes) is 26. The SMILES string of the molecule is CC/C=C\C/C=C\C/C=C\C/C=C\C/C=C\C/C=C\CCCCCCCCCC(O)C(=O)NC(COC1OC(CO)C(O)C(O)C1OC(=O)CCCCCCCCC/C=C\C/C=C\C/C=C\C/C=C\CCCCC)C(O)/C=C/CCCCCCCCCCC. The van der Waals surface area contributed by atoms with Crippen LogP contribution in [0, 0.1) is 0 Å². The lowest BCUT2D eigenvalue weighted by atomic mass is 9.99. The normalized spacial score (nSPS) is 18.9. The number of carbonyl (C=O) groups is 2. The number of rotatable bonds is 60. The van der Waals surface area contributed by atoms with E-state index < -0.39 is 67.4 Å². The highest BCUT2D eigenvalue weighted by molar-refractivity contribution is 5.80. The van der Waals surface area contributed by atoms with E-state index in [1.165, 1.54) is 70.6 Å². The Hall–Kier alpha value is -4.20. The molecule has 8 unspecified atom stereocenters. The van der Waals surface area contributed by atoms with Gasteiger partial charge in [0, 0.05) is 6.42 Å². The molecule has 1 heterocycles. The smallest absolute Gasteiger partial charge is 0.306 e. The van der Waals surface area contributed by atoms with E-state index in [0.29, 0.717) is 12.8 Å². The summed E-state index contributed by atoms with van der Waals surface area (Å²) in [6.07, 6.45) is 80.5. The van der Waals surface area contributed by atoms with Crippen molar-refractivity contribution in [2.24, 2.45) is 0 Å². The number of ether oxygens (including phenoxy) is 3. The van der Waals surface area contributed by atoms with E-state index in [1.54, 1.807) is 6.08 Å². The van der Waals surface area contributed by atoms with E-state index in [2.05, 4.69) is 148 Å². The van der Waals surface area contributed by atoms with Gasteiger partial charge in [-0.3, -0.25) is 9.59 Å². The molecule has 0 spiro atoms. The molecule has 89 heavy (non-hydrogen) atoms. The zero-order valence-electron chi connectivity index (χ0n) is 56.5. The second-order valence-electron chi connectivity index (χ2n) is 24.2. The van der Waals surface area contributed by atoms with Gasteiger partial charge in [-0.15, -0.1) is 0 Å². The van der Waals surface area contributed by atoms with Crippen LogP contribution in [0.1, 0.15) is 284 Å². The molecule has 1 aliphatic rings. The summed E-state index contributed by atoms with van der Waals surface area (Å²) in [5, 5.41) is 57.2. The van der Waals surface area contributed by atoms with Crippen LogP contribution >= 0.6 is 0 Å². The second kappa shape index (κ2) is 63.9. The predicted octanol–water partition coefficient (Wildman–Crippen LogP) is 18.7. The summed E-state index contributed by atoms with van der Waals surface area (Å²) in [4.78, 5) is 26.7. The van der Waals surface area contributed by atoms with Crippen LogP contribution in [-0.2, 0) is 23.8 Å². The zero-order valence-corrected chi connectivity index (χ0v) is 56.5. The maximum atomic E-state index is 13.5. The summed E-state index contributed by atoms with van der Waals surface area (Å²) in [5.41, 5.74) is 0. The molecule has 6 N–H and O–H groups in total. The number of nitrogens with one attached hydrogen (secondary N) is 1. The Morgan fingerprint density at radius 1 is 0.449 bits per heavy atom. The molecule has 8 atom stereocenters. The highest BCUT2D eigenvalue weighted by atomic mass is 16.7. The van der Waals surface area contributed by atoms with Crippen LogP contribution in [0.5, 0.6) is 0 Å². The Kier molecular flexibility index (Phi) is 59.5. The van der Waals surface area contributed by atoms with Crippen molar-refractivity contribution in [2.75, 3.05) is 13.2 Å². The van der Waals surface area contributed by atoms with Crippen molar-refractivity contribution >= 4 is 11.9 Å². The summed E-state index contributed by atoms with van der Waals surface area (Å²) in [6, 6.07) is -1.04. The van der Waals surface area contributed by atoms with Gasteiger partial charge in [0.1, 0.15) is 24.4 Å². The molecule has 1 amide bonds. The molecular weight excluding hydrogens is 1110 g/mol. The number of aliphatic hydroxyl groups is 5. The minimum atomic E-state index is -1.63. The molecular formula is C78H131NO10. The minimum Gasteiger partial charge on any atom is -0.454 e. The Bertz CT molecular complexity index is 1960. The van der Waals surface area contributed by atoms with Crippen LogP contribution in [0.4, 0.5) is 0 Å². The monoisotopic (exact) mass is 1240 g/mol. The van der Waals surface area contributed by atoms with Crippen LogP contribution in [-0.4, -0.2) is 99.6 Å². The summed E-state index contributed by atoms with van der Waals surface area (Å²) < 4.78 is 17.7. The first kappa shape index (κ1) is 82.8. The van der Waals surface area contributed by atoms with Crippen LogP contribution in [0.2, 0.25) is 0 Å². The first-order valence-electron chi connectivity index (χ1n) is 36.0. The number of esters is 1. The van der Waals surface area contributed by atoms with Crippen molar-refractivity contribution in [1.29, 1.82) is 0 Å². The molecule has 508 valence electrons. The van der Waals surface area contributed by atoms with Crippen molar-refractivity contribution in [3.05, 3.63) is 134 Å². The van der Waals surface area contributed by atoms with Gasteiger partial charge in [0.25, 0.3) is 0 Å². The number of carbonyl (C=O) groups excluding carboxylic acids is 2. The van der Waals surface area contributed by atoms with E-state index in [1.807, 2.05) is 6.08 Å². The fourth-order valence-electron chi connectivity index (χ4n) is 10.4. The lowest BCUT2D eigenvalue weighted by Crippen LogP contribution is -2.61. The van der Waals surface area contributed by atoms with Crippen LogP contribution in [0.25, 0.3) is 0 Å². The molecule has 1 fully saturated rings. The van der Waals surface area contributed by atoms with Crippen molar-refractivity contribution in [3.8, 4) is 0 Å². The van der Waals surface area contributed by atoms with Gasteiger partial charge in [0.05, 0.1) is 25.4 Å². The lowest BCUT2D eigenvalue weighted by Gasteiger charge is -2.41. The Morgan fingerprint density at radius 2 is 0.809 bits per heavy atom. The molecule has 1 saturated heterocycles. The largest absolute Gasteiger partial charge is 0.454 e. The highest BCUT2D eigenvalue weighted by Gasteiger charge is 2.47. The van der Waals surface area contributed by atoms with Crippen molar-refractivity contribution in [3.63, 3.8) is 0 Å². The van der Waals surface area contributed by atoms with Crippen molar-refractivity contribution in [1.82, 2.24) is 5.32 Å². The summed E-state index contributed by atoms with van der Waals surface area (Å²) in [6.45, 7) is 5.64. The van der Waals surface area contributed by atoms with Gasteiger partial charge in [-0.05, 0) is 122 Å². The Labute approximate surface area is 543 Å². The molecule has 1 rings (SSSR count). The van der Waals surface area contributed by atoms with Crippen LogP contribution in [0.3, 0.4) is 0 Å². The van der Waals surface area contributed by atoms with E-state index in [4.69, 9.17) is 14.2 Å². The number of aliphatic hydroxyl groups excluding tert-OH is 5. The van der Waals surface area contributed by atoms with Crippen molar-refractivity contribution in [2.45, 2.75) is 333 Å². The molecule has 1 aliphatic heterocycles. The third-order valence-corrected chi connectivity index (χ3v) is 16.0. The van der Waals surface area contributed by atoms with E-state index in [-0.39, 0.29) is 19.4 Å². The van der Waals surface area contributed by atoms with Gasteiger partial charge >= 0.3 is 5.97 Å². The second-order valence-corrected chi connectivity index (χ2v) is 24.2. The summed E-state index contributed by atoms with van der Waals surface area (Å²) in [5.74, 6) is -1.22. The summed E-state index contributed by atoms with van der Waals surface area (Å²) in [7, 11) is 0. The number of amides is 1. The third-order valence-electron chi connectivity index (χ3n) is 16.0. The highest BCUT2D eigenvalue weighted by Crippen LogP contribution is 2.26. The molecule has 11 heteroatoms. The average molecular weight is 1240 g/mol. The van der Waals surface area contributed by atoms with Gasteiger partial charge < -0.3 is 45.1 Å². The fourth-order valence-corrected chi connectivity index (χ4v) is 10.4. The summed E-state index contributed by atoms with van der Waals surface area (Å²) >= 11 is 0. The van der Waals surface area contributed by atoms with Crippen LogP contribution in [0.15, 0.2) is 134 Å². The standard InChI is InChI=1S/C78H131NO10/c1-4-7-10-13-16-19-22-24-26-28-30-32-34-35-36-38-39-41-43-45-47-50-53-56-59-62-65-71(82)77(86)79-69(70(81)64-61-58-55-52-49-21-18-15-12-9-6-3)68-87-78-76(75(85)74(84)72(67-80)88-78)89-73(83)66-63-60-57-54-51-48-46-44-42-40-37-33-31-29-27-25-23-20-17-14-11-8-5-2/h7,10,16-17,19-20,24-27,30-33,35-36,39-42,61,64,69-72,74-76,78,80-82,84-85H,4-6,8-9,11-15,18,21-23,28-29,34,37-38,43-60,62-63,65-68H2,1-3H3,(H,79,86)/b10-7-,19-16-,20-17-,26-24-,27-25-,32-30-,33-31-,36-35-,41-39-,42-40-,64-61+. The topological polar surface area (TPSA) is 175 Å². The maximum Gasteiger partial charge on any atom is 0.306 e. The maximum absolute atomic E-state index is 13.5. The average Bonchev–Trinajstić information content (AvgIpc) is 2.45. The van der Waals surface area contributed by atoms with Crippen molar-refractivity contribution < 1.29 is 49.3 Å². The van der Waals surface area contributed by atoms with Gasteiger partial charge in [-0.1, -0.05) is 289 Å². The van der Waals surface area contributed by atoms with Gasteiger partial charge in [0.15, 0.2) is 12.4 Å². The Balaban J connectivity index is 2.58. The molecule has 0 aromatic heterocycles. The molecule has 11 nitrogen and oxygen atoms in total. The molecule has 0 aromatic rings. The molecule has 0 radical (unpaired) electrons. The molecule has 0 aliphatic carbocycles. The van der Waals surface area contributed by atoms with E-state index in [0.717, 1.165) is 167 Å². The molecule has 0 saturated carbocycles. The zero-order chi connectivity index (χ0) is 64.6. The predicted molar refractivity (Wildman–Crippen MR) is 374 cm³/mol. The number of allylic oxidation sites excluding steroid dienone is 21. The number of hydrogen-bond donors (Lipinski definition) is 6. The van der Waals surface area contributed by atoms with Gasteiger partial charge in [-0.2, -0.15) is 0 Å². The minimum absolute atomic E-state index is 0.103. The van der Waals surface area contributed by atoms with Gasteiger partial charge in [-0.25, -0.2) is 0 Å². The number of hydrogen-bond acceptors (Lipinski definition) is 10. The first-order valence-corrected chi connectivity index (χ1v) is 36.0. The quantitative estimate of drug-likeness (QED) is 0.0195. The molecule has 0 aromatic carbocycles. The first-order chi connectivity index (χ1) is 43.7. The van der Waals surface area contributed by atoms with E-state index in [9.17, 15) is 35.1 Å². The van der Waals surface area contributed by atoms with Crippen LogP contribution < -0.4 is 5.32 Å².